The lowest BCUT2D eigenvalue weighted by atomic mass is 10.3. The van der Waals surface area contributed by atoms with Crippen LogP contribution in [0.15, 0.2) is 16.8 Å². The summed E-state index contributed by atoms with van der Waals surface area (Å²) in [6.07, 6.45) is -4.18. The molecule has 0 aromatic carbocycles. The predicted molar refractivity (Wildman–Crippen MR) is 59.4 cm³/mol. The van der Waals surface area contributed by atoms with E-state index in [1.807, 2.05) is 16.8 Å². The molecule has 1 unspecified atom stereocenters. The lowest BCUT2D eigenvalue weighted by Crippen LogP contribution is -2.34. The van der Waals surface area contributed by atoms with E-state index < -0.39 is 11.0 Å². The molecule has 1 aromatic rings. The van der Waals surface area contributed by atoms with Crippen molar-refractivity contribution >= 4 is 27.3 Å². The van der Waals surface area contributed by atoms with E-state index in [4.69, 9.17) is 0 Å². The predicted octanol–water partition coefficient (Wildman–Crippen LogP) is 3.51. The van der Waals surface area contributed by atoms with Gasteiger partial charge in [0.1, 0.15) is 4.83 Å². The summed E-state index contributed by atoms with van der Waals surface area (Å²) in [6, 6.07) is 1.91. The van der Waals surface area contributed by atoms with Crippen molar-refractivity contribution in [2.75, 3.05) is 13.6 Å². The first-order chi connectivity index (χ1) is 6.89. The van der Waals surface area contributed by atoms with E-state index in [1.54, 1.807) is 23.3 Å². The number of rotatable bonds is 4. The van der Waals surface area contributed by atoms with Gasteiger partial charge in [0.15, 0.2) is 0 Å². The van der Waals surface area contributed by atoms with Gasteiger partial charge in [0.05, 0.1) is 0 Å². The molecule has 6 heteroatoms. The summed E-state index contributed by atoms with van der Waals surface area (Å²) in [7, 11) is 1.68. The van der Waals surface area contributed by atoms with Crippen molar-refractivity contribution in [3.63, 3.8) is 0 Å². The summed E-state index contributed by atoms with van der Waals surface area (Å²) < 4.78 is 36.7. The average molecular weight is 302 g/mol. The largest absolute Gasteiger partial charge is 0.402 e. The Morgan fingerprint density at radius 2 is 2.20 bits per heavy atom. The fraction of sp³-hybridized carbons (Fsp3) is 0.556. The number of thiophene rings is 1. The van der Waals surface area contributed by atoms with E-state index in [-0.39, 0.29) is 6.54 Å². The van der Waals surface area contributed by atoms with Gasteiger partial charge in [-0.3, -0.25) is 0 Å². The molecule has 1 atom stereocenters. The summed E-state index contributed by atoms with van der Waals surface area (Å²) in [5, 5.41) is 3.85. The molecule has 1 rings (SSSR count). The van der Waals surface area contributed by atoms with Gasteiger partial charge in [-0.05, 0) is 29.4 Å². The topological polar surface area (TPSA) is 3.24 Å². The van der Waals surface area contributed by atoms with Gasteiger partial charge in [0, 0.05) is 13.1 Å². The molecule has 0 radical (unpaired) electrons. The number of hydrogen-bond donors (Lipinski definition) is 0. The zero-order valence-electron chi connectivity index (χ0n) is 8.09. The highest BCUT2D eigenvalue weighted by Crippen LogP contribution is 2.27. The minimum atomic E-state index is -4.18. The Kier molecular flexibility index (Phi) is 4.61. The molecule has 0 N–H and O–H groups in total. The SMILES string of the molecule is CN(Cc1ccsc1)CC(Br)C(F)(F)F. The minimum Gasteiger partial charge on any atom is -0.301 e. The third kappa shape index (κ3) is 4.53. The average Bonchev–Trinajstić information content (AvgIpc) is 2.54. The molecule has 1 heterocycles. The standard InChI is InChI=1S/C9H11BrF3NS/c1-14(4-7-2-3-15-6-7)5-8(10)9(11,12)13/h2-3,6,8H,4-5H2,1H3. The third-order valence-corrected chi connectivity index (χ3v) is 3.40. The third-order valence-electron chi connectivity index (χ3n) is 1.86. The molecule has 0 aliphatic rings. The smallest absolute Gasteiger partial charge is 0.301 e. The van der Waals surface area contributed by atoms with E-state index in [1.165, 1.54) is 0 Å². The normalized spacial score (nSPS) is 14.5. The Labute approximate surface area is 99.0 Å². The highest BCUT2D eigenvalue weighted by Gasteiger charge is 2.38. The minimum absolute atomic E-state index is 0.0423. The van der Waals surface area contributed by atoms with Crippen molar-refractivity contribution in [3.05, 3.63) is 22.4 Å². The highest BCUT2D eigenvalue weighted by molar-refractivity contribution is 9.09. The maximum absolute atomic E-state index is 12.2. The van der Waals surface area contributed by atoms with Gasteiger partial charge in [-0.15, -0.1) is 0 Å². The van der Waals surface area contributed by atoms with Crippen LogP contribution in [0, 0.1) is 0 Å². The summed E-state index contributed by atoms with van der Waals surface area (Å²) >= 11 is 4.18. The molecule has 0 bridgehead atoms. The monoisotopic (exact) mass is 301 g/mol. The van der Waals surface area contributed by atoms with Crippen LogP contribution in [0.1, 0.15) is 5.56 Å². The maximum atomic E-state index is 12.2. The second-order valence-corrected chi connectivity index (χ2v) is 5.22. The van der Waals surface area contributed by atoms with Crippen LogP contribution in [-0.2, 0) is 6.54 Å². The van der Waals surface area contributed by atoms with Gasteiger partial charge < -0.3 is 4.90 Å². The first-order valence-corrected chi connectivity index (χ1v) is 6.16. The summed E-state index contributed by atoms with van der Waals surface area (Å²) in [4.78, 5) is 0.184. The summed E-state index contributed by atoms with van der Waals surface area (Å²) in [5.74, 6) is 0. The quantitative estimate of drug-likeness (QED) is 0.769. The van der Waals surface area contributed by atoms with Gasteiger partial charge in [-0.2, -0.15) is 24.5 Å². The molecule has 0 aliphatic heterocycles. The van der Waals surface area contributed by atoms with E-state index in [9.17, 15) is 13.2 Å². The highest BCUT2D eigenvalue weighted by atomic mass is 79.9. The first kappa shape index (κ1) is 13.0. The van der Waals surface area contributed by atoms with Crippen LogP contribution in [0.3, 0.4) is 0 Å². The number of halogens is 4. The Balaban J connectivity index is 2.39. The van der Waals surface area contributed by atoms with Crippen molar-refractivity contribution in [1.82, 2.24) is 4.90 Å². The van der Waals surface area contributed by atoms with Gasteiger partial charge in [0.25, 0.3) is 0 Å². The number of hydrogen-bond acceptors (Lipinski definition) is 2. The molecule has 0 fully saturated rings. The molecule has 0 spiro atoms. The molecule has 1 nitrogen and oxygen atoms in total. The van der Waals surface area contributed by atoms with Crippen molar-refractivity contribution in [3.8, 4) is 0 Å². The van der Waals surface area contributed by atoms with E-state index in [2.05, 4.69) is 15.9 Å². The van der Waals surface area contributed by atoms with Gasteiger partial charge in [0.2, 0.25) is 0 Å². The number of alkyl halides is 4. The Bertz CT molecular complexity index is 286. The summed E-state index contributed by atoms with van der Waals surface area (Å²) in [5.41, 5.74) is 1.05. The van der Waals surface area contributed by atoms with Crippen LogP contribution < -0.4 is 0 Å². The van der Waals surface area contributed by atoms with Gasteiger partial charge in [-0.25, -0.2) is 0 Å². The molecule has 0 saturated carbocycles. The number of nitrogens with zero attached hydrogens (tertiary/aromatic N) is 1. The lowest BCUT2D eigenvalue weighted by Gasteiger charge is -2.21. The molecule has 86 valence electrons. The maximum Gasteiger partial charge on any atom is 0.402 e. The van der Waals surface area contributed by atoms with Crippen LogP contribution in [0.4, 0.5) is 13.2 Å². The Morgan fingerprint density at radius 3 is 2.67 bits per heavy atom. The van der Waals surface area contributed by atoms with Crippen LogP contribution in [0.25, 0.3) is 0 Å². The zero-order valence-corrected chi connectivity index (χ0v) is 10.5. The zero-order chi connectivity index (χ0) is 11.5. The van der Waals surface area contributed by atoms with E-state index in [0.29, 0.717) is 6.54 Å². The van der Waals surface area contributed by atoms with Crippen molar-refractivity contribution < 1.29 is 13.2 Å². The fourth-order valence-electron chi connectivity index (χ4n) is 1.14. The van der Waals surface area contributed by atoms with Gasteiger partial charge >= 0.3 is 6.18 Å². The van der Waals surface area contributed by atoms with Crippen LogP contribution in [0.2, 0.25) is 0 Å². The van der Waals surface area contributed by atoms with Crippen molar-refractivity contribution in [2.24, 2.45) is 0 Å². The van der Waals surface area contributed by atoms with Crippen molar-refractivity contribution in [1.29, 1.82) is 0 Å². The molecule has 0 saturated heterocycles. The molecule has 1 aromatic heterocycles. The van der Waals surface area contributed by atoms with E-state index in [0.717, 1.165) is 5.56 Å². The summed E-state index contributed by atoms with van der Waals surface area (Å²) in [6.45, 7) is 0.501. The Morgan fingerprint density at radius 1 is 1.53 bits per heavy atom. The van der Waals surface area contributed by atoms with Crippen molar-refractivity contribution in [2.45, 2.75) is 17.5 Å². The molecule has 15 heavy (non-hydrogen) atoms. The molecular weight excluding hydrogens is 291 g/mol. The first-order valence-electron chi connectivity index (χ1n) is 4.30. The fourth-order valence-corrected chi connectivity index (χ4v) is 2.29. The van der Waals surface area contributed by atoms with E-state index >= 15 is 0 Å². The molecular formula is C9H11BrF3NS. The van der Waals surface area contributed by atoms with Crippen LogP contribution in [0.5, 0.6) is 0 Å². The van der Waals surface area contributed by atoms with Crippen LogP contribution >= 0.6 is 27.3 Å². The molecule has 0 aliphatic carbocycles. The van der Waals surface area contributed by atoms with Crippen LogP contribution in [-0.4, -0.2) is 29.5 Å². The second kappa shape index (κ2) is 5.32. The second-order valence-electron chi connectivity index (χ2n) is 3.34. The molecule has 0 amide bonds. The van der Waals surface area contributed by atoms with Gasteiger partial charge in [-0.1, -0.05) is 15.9 Å². The Hall–Kier alpha value is -0.0700. The lowest BCUT2D eigenvalue weighted by molar-refractivity contribution is -0.130.